The molecule has 1 atom stereocenters. The fraction of sp³-hybridized carbons (Fsp3) is 0.500. The summed E-state index contributed by atoms with van der Waals surface area (Å²) in [7, 11) is -3.53. The minimum Gasteiger partial charge on any atom is -0.377 e. The van der Waals surface area contributed by atoms with Gasteiger partial charge in [-0.15, -0.1) is 0 Å². The van der Waals surface area contributed by atoms with E-state index < -0.39 is 10.0 Å². The Kier molecular flexibility index (Phi) is 5.89. The summed E-state index contributed by atoms with van der Waals surface area (Å²) in [5, 5.41) is 4.93. The first kappa shape index (κ1) is 19.2. The molecule has 0 amide bonds. The number of ether oxygens (including phenoxy) is 1. The summed E-state index contributed by atoms with van der Waals surface area (Å²) < 4.78 is 35.2. The van der Waals surface area contributed by atoms with Crippen molar-refractivity contribution >= 4 is 27.3 Å². The van der Waals surface area contributed by atoms with Gasteiger partial charge in [0, 0.05) is 6.61 Å². The van der Waals surface area contributed by atoms with Crippen LogP contribution in [0.4, 0.5) is 5.69 Å². The highest BCUT2D eigenvalue weighted by Gasteiger charge is 2.25. The van der Waals surface area contributed by atoms with Gasteiger partial charge in [0.05, 0.1) is 40.1 Å². The molecule has 2 aromatic rings. The van der Waals surface area contributed by atoms with Crippen LogP contribution in [0.3, 0.4) is 0 Å². The lowest BCUT2D eigenvalue weighted by Crippen LogP contribution is -2.31. The summed E-state index contributed by atoms with van der Waals surface area (Å²) in [5.74, 6) is 0.0133. The second kappa shape index (κ2) is 7.98. The first-order chi connectivity index (χ1) is 12.4. The largest absolute Gasteiger partial charge is 0.377 e. The van der Waals surface area contributed by atoms with Crippen LogP contribution < -0.4 is 4.72 Å². The number of sulfonamides is 1. The van der Waals surface area contributed by atoms with Crippen LogP contribution in [0.5, 0.6) is 0 Å². The number of hydrogen-bond donors (Lipinski definition) is 1. The third kappa shape index (κ3) is 4.39. The van der Waals surface area contributed by atoms with Gasteiger partial charge in [-0.1, -0.05) is 37.6 Å². The van der Waals surface area contributed by atoms with Gasteiger partial charge in [-0.05, 0) is 37.3 Å². The van der Waals surface area contributed by atoms with E-state index in [2.05, 4.69) is 9.82 Å². The molecule has 0 bridgehead atoms. The number of benzene rings is 1. The lowest BCUT2D eigenvalue weighted by molar-refractivity contribution is 0.0306. The molecule has 1 fully saturated rings. The molecule has 1 aromatic heterocycles. The minimum absolute atomic E-state index is 0.0399. The molecule has 3 rings (SSSR count). The smallest absolute Gasteiger partial charge is 0.235 e. The first-order valence-corrected chi connectivity index (χ1v) is 10.9. The van der Waals surface area contributed by atoms with E-state index >= 15 is 0 Å². The number of para-hydroxylation sites is 1. The SMILES string of the molecule is CC(C)c1c(NS(=O)(=O)C[C@@H]2CCCCO2)cnn1-c1ccccc1Cl. The molecule has 8 heteroatoms. The Hall–Kier alpha value is -1.57. The first-order valence-electron chi connectivity index (χ1n) is 8.82. The van der Waals surface area contributed by atoms with Crippen LogP contribution in [0.25, 0.3) is 5.69 Å². The molecule has 1 aliphatic rings. The van der Waals surface area contributed by atoms with Gasteiger partial charge >= 0.3 is 0 Å². The van der Waals surface area contributed by atoms with Crippen molar-refractivity contribution in [2.45, 2.75) is 45.1 Å². The predicted octanol–water partition coefficient (Wildman–Crippen LogP) is 3.96. The van der Waals surface area contributed by atoms with Crippen LogP contribution in [0.1, 0.15) is 44.7 Å². The van der Waals surface area contributed by atoms with Gasteiger partial charge in [0.1, 0.15) is 0 Å². The third-order valence-electron chi connectivity index (χ3n) is 4.38. The lowest BCUT2D eigenvalue weighted by atomic mass is 10.1. The molecule has 6 nitrogen and oxygen atoms in total. The molecule has 1 aromatic carbocycles. The summed E-state index contributed by atoms with van der Waals surface area (Å²) >= 11 is 6.29. The number of aromatic nitrogens is 2. The number of halogens is 1. The van der Waals surface area contributed by atoms with Gasteiger partial charge < -0.3 is 4.74 Å². The Morgan fingerprint density at radius 3 is 2.77 bits per heavy atom. The highest BCUT2D eigenvalue weighted by Crippen LogP contribution is 2.30. The molecule has 0 spiro atoms. The van der Waals surface area contributed by atoms with Gasteiger partial charge in [-0.2, -0.15) is 5.10 Å². The summed E-state index contributed by atoms with van der Waals surface area (Å²) in [5.41, 5.74) is 1.97. The second-order valence-corrected chi connectivity index (χ2v) is 9.01. The second-order valence-electron chi connectivity index (χ2n) is 6.83. The summed E-state index contributed by atoms with van der Waals surface area (Å²) in [6.45, 7) is 4.61. The highest BCUT2D eigenvalue weighted by molar-refractivity contribution is 7.92. The van der Waals surface area contributed by atoms with E-state index in [1.807, 2.05) is 32.0 Å². The predicted molar refractivity (Wildman–Crippen MR) is 104 cm³/mol. The van der Waals surface area contributed by atoms with Crippen molar-refractivity contribution in [3.05, 3.63) is 41.2 Å². The van der Waals surface area contributed by atoms with E-state index in [4.69, 9.17) is 16.3 Å². The molecule has 2 heterocycles. The maximum Gasteiger partial charge on any atom is 0.235 e. The molecule has 0 aliphatic carbocycles. The van der Waals surface area contributed by atoms with Crippen LogP contribution in [-0.4, -0.2) is 36.7 Å². The number of anilines is 1. The van der Waals surface area contributed by atoms with Gasteiger partial charge in [0.15, 0.2) is 0 Å². The molecule has 26 heavy (non-hydrogen) atoms. The van der Waals surface area contributed by atoms with Gasteiger partial charge in [-0.3, -0.25) is 4.72 Å². The standard InChI is InChI=1S/C18H24ClN3O3S/c1-13(2)18-16(11-20-22(18)17-9-4-3-8-15(17)19)21-26(23,24)12-14-7-5-6-10-25-14/h3-4,8-9,11,13-14,21H,5-7,10,12H2,1-2H3/t14-/m0/s1. The van der Waals surface area contributed by atoms with Crippen LogP contribution in [0.15, 0.2) is 30.5 Å². The molecule has 142 valence electrons. The zero-order valence-electron chi connectivity index (χ0n) is 15.0. The minimum atomic E-state index is -3.53. The van der Waals surface area contributed by atoms with E-state index in [9.17, 15) is 8.42 Å². The molecule has 0 saturated carbocycles. The molecule has 0 radical (unpaired) electrons. The van der Waals surface area contributed by atoms with E-state index in [0.717, 1.165) is 30.6 Å². The Bertz CT molecular complexity index is 858. The van der Waals surface area contributed by atoms with Crippen LogP contribution >= 0.6 is 11.6 Å². The summed E-state index contributed by atoms with van der Waals surface area (Å²) in [4.78, 5) is 0. The van der Waals surface area contributed by atoms with E-state index in [-0.39, 0.29) is 17.8 Å². The fourth-order valence-corrected chi connectivity index (χ4v) is 4.74. The number of nitrogens with zero attached hydrogens (tertiary/aromatic N) is 2. The van der Waals surface area contributed by atoms with Crippen molar-refractivity contribution in [3.63, 3.8) is 0 Å². The average Bonchev–Trinajstić information content (AvgIpc) is 2.98. The quantitative estimate of drug-likeness (QED) is 0.800. The van der Waals surface area contributed by atoms with Crippen molar-refractivity contribution in [2.75, 3.05) is 17.1 Å². The highest BCUT2D eigenvalue weighted by atomic mass is 35.5. The lowest BCUT2D eigenvalue weighted by Gasteiger charge is -2.22. The zero-order valence-corrected chi connectivity index (χ0v) is 16.6. The topological polar surface area (TPSA) is 73.2 Å². The Labute approximate surface area is 159 Å². The normalized spacial score (nSPS) is 18.2. The number of rotatable bonds is 6. The monoisotopic (exact) mass is 397 g/mol. The Morgan fingerprint density at radius 1 is 1.35 bits per heavy atom. The Balaban J connectivity index is 1.87. The molecular formula is C18H24ClN3O3S. The third-order valence-corrected chi connectivity index (χ3v) is 6.04. The Morgan fingerprint density at radius 2 is 2.12 bits per heavy atom. The van der Waals surface area contributed by atoms with Gasteiger partial charge in [-0.25, -0.2) is 13.1 Å². The molecule has 1 saturated heterocycles. The van der Waals surface area contributed by atoms with Crippen molar-refractivity contribution in [2.24, 2.45) is 0 Å². The molecule has 1 N–H and O–H groups in total. The van der Waals surface area contributed by atoms with Gasteiger partial charge in [0.2, 0.25) is 10.0 Å². The van der Waals surface area contributed by atoms with Gasteiger partial charge in [0.25, 0.3) is 0 Å². The maximum atomic E-state index is 12.6. The van der Waals surface area contributed by atoms with E-state index in [0.29, 0.717) is 17.3 Å². The average molecular weight is 398 g/mol. The molecule has 0 unspecified atom stereocenters. The van der Waals surface area contributed by atoms with Crippen LogP contribution in [0.2, 0.25) is 5.02 Å². The fourth-order valence-electron chi connectivity index (χ4n) is 3.20. The van der Waals surface area contributed by atoms with E-state index in [1.165, 1.54) is 6.20 Å². The van der Waals surface area contributed by atoms with Crippen molar-refractivity contribution in [1.29, 1.82) is 0 Å². The molecular weight excluding hydrogens is 374 g/mol. The summed E-state index contributed by atoms with van der Waals surface area (Å²) in [6, 6.07) is 7.36. The van der Waals surface area contributed by atoms with E-state index in [1.54, 1.807) is 10.7 Å². The van der Waals surface area contributed by atoms with Crippen molar-refractivity contribution < 1.29 is 13.2 Å². The summed E-state index contributed by atoms with van der Waals surface area (Å²) in [6.07, 6.45) is 4.06. The number of hydrogen-bond acceptors (Lipinski definition) is 4. The maximum absolute atomic E-state index is 12.6. The van der Waals surface area contributed by atoms with Crippen molar-refractivity contribution in [1.82, 2.24) is 9.78 Å². The van der Waals surface area contributed by atoms with Crippen LogP contribution in [0, 0.1) is 0 Å². The number of nitrogens with one attached hydrogen (secondary N) is 1. The van der Waals surface area contributed by atoms with Crippen molar-refractivity contribution in [3.8, 4) is 5.69 Å². The van der Waals surface area contributed by atoms with Crippen LogP contribution in [-0.2, 0) is 14.8 Å². The molecule has 1 aliphatic heterocycles. The zero-order chi connectivity index (χ0) is 18.7.